The standard InChI is InChI=1S/C19H27N5O/c1-13-6-4-8-18(20-13)24-11-5-7-16(12-24)21-19(25)10-9-17-14(2)22-23-15(17)3/h4,6,8,16H,5,7,9-12H2,1-3H3,(H,21,25)(H,22,23). The number of piperidine rings is 1. The van der Waals surface area contributed by atoms with Crippen molar-refractivity contribution in [3.8, 4) is 0 Å². The second-order valence-electron chi connectivity index (χ2n) is 6.90. The molecule has 2 aromatic rings. The maximum Gasteiger partial charge on any atom is 0.220 e. The highest BCUT2D eigenvalue weighted by Gasteiger charge is 2.22. The number of nitrogens with one attached hydrogen (secondary N) is 2. The van der Waals surface area contributed by atoms with Gasteiger partial charge in [0.2, 0.25) is 5.91 Å². The number of H-pyrrole nitrogens is 1. The first-order valence-corrected chi connectivity index (χ1v) is 9.01. The van der Waals surface area contributed by atoms with Crippen LogP contribution in [-0.2, 0) is 11.2 Å². The van der Waals surface area contributed by atoms with E-state index >= 15 is 0 Å². The minimum absolute atomic E-state index is 0.115. The van der Waals surface area contributed by atoms with E-state index in [9.17, 15) is 4.79 Å². The Bertz CT molecular complexity index is 720. The molecule has 2 aromatic heterocycles. The van der Waals surface area contributed by atoms with Crippen LogP contribution in [-0.4, -0.2) is 40.2 Å². The molecule has 134 valence electrons. The molecule has 0 bridgehead atoms. The lowest BCUT2D eigenvalue weighted by atomic mass is 10.0. The molecule has 0 spiro atoms. The zero-order chi connectivity index (χ0) is 17.8. The van der Waals surface area contributed by atoms with Crippen molar-refractivity contribution in [3.63, 3.8) is 0 Å². The summed E-state index contributed by atoms with van der Waals surface area (Å²) in [5, 5.41) is 10.4. The van der Waals surface area contributed by atoms with Crippen LogP contribution in [0.25, 0.3) is 0 Å². The zero-order valence-corrected chi connectivity index (χ0v) is 15.3. The molecule has 1 saturated heterocycles. The van der Waals surface area contributed by atoms with Gasteiger partial charge in [-0.1, -0.05) is 6.07 Å². The topological polar surface area (TPSA) is 73.9 Å². The predicted octanol–water partition coefficient (Wildman–Crippen LogP) is 2.45. The highest BCUT2D eigenvalue weighted by molar-refractivity contribution is 5.76. The number of anilines is 1. The molecular weight excluding hydrogens is 314 g/mol. The van der Waals surface area contributed by atoms with Crippen molar-refractivity contribution in [2.75, 3.05) is 18.0 Å². The van der Waals surface area contributed by atoms with Gasteiger partial charge in [0.15, 0.2) is 0 Å². The van der Waals surface area contributed by atoms with E-state index in [0.717, 1.165) is 60.8 Å². The van der Waals surface area contributed by atoms with E-state index in [-0.39, 0.29) is 11.9 Å². The Morgan fingerprint density at radius 2 is 2.20 bits per heavy atom. The van der Waals surface area contributed by atoms with Gasteiger partial charge >= 0.3 is 0 Å². The molecule has 6 nitrogen and oxygen atoms in total. The first-order chi connectivity index (χ1) is 12.0. The summed E-state index contributed by atoms with van der Waals surface area (Å²) in [5.74, 6) is 1.12. The molecule has 0 saturated carbocycles. The smallest absolute Gasteiger partial charge is 0.220 e. The van der Waals surface area contributed by atoms with Gasteiger partial charge in [-0.3, -0.25) is 9.89 Å². The lowest BCUT2D eigenvalue weighted by Gasteiger charge is -2.34. The third-order valence-corrected chi connectivity index (χ3v) is 4.87. The highest BCUT2D eigenvalue weighted by Crippen LogP contribution is 2.18. The van der Waals surface area contributed by atoms with Crippen molar-refractivity contribution >= 4 is 11.7 Å². The van der Waals surface area contributed by atoms with Crippen molar-refractivity contribution in [1.82, 2.24) is 20.5 Å². The van der Waals surface area contributed by atoms with Gasteiger partial charge in [-0.25, -0.2) is 4.98 Å². The van der Waals surface area contributed by atoms with Gasteiger partial charge in [0.1, 0.15) is 5.82 Å². The monoisotopic (exact) mass is 341 g/mol. The third kappa shape index (κ3) is 4.38. The molecule has 1 amide bonds. The van der Waals surface area contributed by atoms with Crippen LogP contribution in [0.5, 0.6) is 0 Å². The molecule has 0 aliphatic carbocycles. The molecule has 1 fully saturated rings. The summed E-state index contributed by atoms with van der Waals surface area (Å²) in [4.78, 5) is 19.2. The predicted molar refractivity (Wildman–Crippen MR) is 98.7 cm³/mol. The molecule has 1 aliphatic heterocycles. The summed E-state index contributed by atoms with van der Waals surface area (Å²) in [6.45, 7) is 7.81. The molecule has 1 unspecified atom stereocenters. The summed E-state index contributed by atoms with van der Waals surface area (Å²) >= 11 is 0. The van der Waals surface area contributed by atoms with Gasteiger partial charge in [-0.15, -0.1) is 0 Å². The normalized spacial score (nSPS) is 17.6. The second-order valence-corrected chi connectivity index (χ2v) is 6.90. The molecule has 25 heavy (non-hydrogen) atoms. The molecule has 1 atom stereocenters. The third-order valence-electron chi connectivity index (χ3n) is 4.87. The maximum absolute atomic E-state index is 12.4. The Hall–Kier alpha value is -2.37. The minimum Gasteiger partial charge on any atom is -0.355 e. The van der Waals surface area contributed by atoms with E-state index in [1.807, 2.05) is 39.0 Å². The summed E-state index contributed by atoms with van der Waals surface area (Å²) in [6, 6.07) is 6.28. The Balaban J connectivity index is 1.53. The van der Waals surface area contributed by atoms with E-state index in [1.165, 1.54) is 0 Å². The van der Waals surface area contributed by atoms with Gasteiger partial charge in [-0.05, 0) is 57.7 Å². The number of hydrogen-bond acceptors (Lipinski definition) is 4. The van der Waals surface area contributed by atoms with Gasteiger partial charge in [-0.2, -0.15) is 5.10 Å². The number of aromatic nitrogens is 3. The molecule has 3 heterocycles. The molecular formula is C19H27N5O. The van der Waals surface area contributed by atoms with Crippen molar-refractivity contribution in [2.24, 2.45) is 0 Å². The number of aromatic amines is 1. The Labute approximate surface area is 149 Å². The number of pyridine rings is 1. The highest BCUT2D eigenvalue weighted by atomic mass is 16.1. The Kier molecular flexibility index (Phi) is 5.36. The fourth-order valence-electron chi connectivity index (χ4n) is 3.49. The lowest BCUT2D eigenvalue weighted by Crippen LogP contribution is -2.48. The maximum atomic E-state index is 12.4. The number of amides is 1. The Morgan fingerprint density at radius 3 is 2.92 bits per heavy atom. The summed E-state index contributed by atoms with van der Waals surface area (Å²) in [6.07, 6.45) is 3.33. The van der Waals surface area contributed by atoms with Gasteiger partial charge in [0.05, 0.1) is 5.69 Å². The largest absolute Gasteiger partial charge is 0.355 e. The quantitative estimate of drug-likeness (QED) is 0.876. The summed E-state index contributed by atoms with van der Waals surface area (Å²) in [5.41, 5.74) is 4.22. The van der Waals surface area contributed by atoms with Gasteiger partial charge < -0.3 is 10.2 Å². The molecule has 3 rings (SSSR count). The number of hydrogen-bond donors (Lipinski definition) is 2. The van der Waals surface area contributed by atoms with Crippen LogP contribution >= 0.6 is 0 Å². The first kappa shape index (κ1) is 17.5. The van der Waals surface area contributed by atoms with Crippen LogP contribution in [0.3, 0.4) is 0 Å². The number of rotatable bonds is 5. The zero-order valence-electron chi connectivity index (χ0n) is 15.3. The van der Waals surface area contributed by atoms with Gasteiger partial charge in [0.25, 0.3) is 0 Å². The fourth-order valence-corrected chi connectivity index (χ4v) is 3.49. The van der Waals surface area contributed by atoms with Crippen molar-refractivity contribution in [1.29, 1.82) is 0 Å². The molecule has 0 aromatic carbocycles. The van der Waals surface area contributed by atoms with Crippen LogP contribution in [0.15, 0.2) is 18.2 Å². The van der Waals surface area contributed by atoms with E-state index in [4.69, 9.17) is 0 Å². The van der Waals surface area contributed by atoms with Crippen LogP contribution in [0.1, 0.15) is 41.9 Å². The van der Waals surface area contributed by atoms with Crippen molar-refractivity contribution in [2.45, 2.75) is 52.5 Å². The van der Waals surface area contributed by atoms with E-state index in [1.54, 1.807) is 0 Å². The van der Waals surface area contributed by atoms with Crippen LogP contribution in [0.4, 0.5) is 5.82 Å². The van der Waals surface area contributed by atoms with Crippen LogP contribution in [0, 0.1) is 20.8 Å². The summed E-state index contributed by atoms with van der Waals surface area (Å²) < 4.78 is 0. The number of aryl methyl sites for hydroxylation is 3. The molecule has 2 N–H and O–H groups in total. The SMILES string of the molecule is Cc1cccc(N2CCCC(NC(=O)CCc3c(C)n[nH]c3C)C2)n1. The van der Waals surface area contributed by atoms with E-state index in [0.29, 0.717) is 6.42 Å². The van der Waals surface area contributed by atoms with Crippen LogP contribution < -0.4 is 10.2 Å². The first-order valence-electron chi connectivity index (χ1n) is 9.01. The van der Waals surface area contributed by atoms with Crippen molar-refractivity contribution in [3.05, 3.63) is 40.8 Å². The van der Waals surface area contributed by atoms with Crippen molar-refractivity contribution < 1.29 is 4.79 Å². The number of carbonyl (C=O) groups excluding carboxylic acids is 1. The minimum atomic E-state index is 0.115. The summed E-state index contributed by atoms with van der Waals surface area (Å²) in [7, 11) is 0. The van der Waals surface area contributed by atoms with Gasteiger partial charge in [0, 0.05) is 36.9 Å². The molecule has 6 heteroatoms. The molecule has 1 aliphatic rings. The average molecular weight is 341 g/mol. The average Bonchev–Trinajstić information content (AvgIpc) is 2.91. The van der Waals surface area contributed by atoms with Crippen LogP contribution in [0.2, 0.25) is 0 Å². The number of nitrogens with zero attached hydrogens (tertiary/aromatic N) is 3. The molecule has 0 radical (unpaired) electrons. The lowest BCUT2D eigenvalue weighted by molar-refractivity contribution is -0.121. The second kappa shape index (κ2) is 7.68. The number of carbonyl (C=O) groups is 1. The Morgan fingerprint density at radius 1 is 1.36 bits per heavy atom. The fraction of sp³-hybridized carbons (Fsp3) is 0.526. The van der Waals surface area contributed by atoms with E-state index in [2.05, 4.69) is 25.4 Å². The van der Waals surface area contributed by atoms with E-state index < -0.39 is 0 Å².